The van der Waals surface area contributed by atoms with Crippen molar-refractivity contribution in [2.45, 2.75) is 33.2 Å². The number of hydrogen-bond donors (Lipinski definition) is 1. The van der Waals surface area contributed by atoms with Crippen molar-refractivity contribution in [1.29, 1.82) is 0 Å². The van der Waals surface area contributed by atoms with Crippen LogP contribution in [0, 0.1) is 0 Å². The topological polar surface area (TPSA) is 33.7 Å². The molecule has 0 aliphatic carbocycles. The predicted molar refractivity (Wildman–Crippen MR) is 75.4 cm³/mol. The highest BCUT2D eigenvalue weighted by Crippen LogP contribution is 2.00. The van der Waals surface area contributed by atoms with Crippen LogP contribution >= 0.6 is 12.2 Å². The Morgan fingerprint density at radius 2 is 2.12 bits per heavy atom. The first-order chi connectivity index (χ1) is 8.17. The summed E-state index contributed by atoms with van der Waals surface area (Å²) in [6.45, 7) is 10.2. The van der Waals surface area contributed by atoms with Gasteiger partial charge in [-0.25, -0.2) is 0 Å². The maximum atomic E-state index is 5.36. The van der Waals surface area contributed by atoms with Gasteiger partial charge in [0.05, 0.1) is 12.6 Å². The maximum Gasteiger partial charge on any atom is 0.169 e. The molecule has 0 spiro atoms. The van der Waals surface area contributed by atoms with E-state index in [1.807, 2.05) is 6.92 Å². The summed E-state index contributed by atoms with van der Waals surface area (Å²) in [4.78, 5) is 2.14. The van der Waals surface area contributed by atoms with Crippen molar-refractivity contribution in [2.75, 3.05) is 40.0 Å². The lowest BCUT2D eigenvalue weighted by molar-refractivity contribution is 0.136. The van der Waals surface area contributed by atoms with Gasteiger partial charge in [-0.15, -0.1) is 0 Å². The van der Waals surface area contributed by atoms with Crippen molar-refractivity contribution in [3.63, 3.8) is 0 Å². The average molecular weight is 262 g/mol. The molecular weight excluding hydrogens is 236 g/mol. The number of nitrogens with one attached hydrogen (secondary N) is 1. The molecule has 0 saturated heterocycles. The van der Waals surface area contributed by atoms with Gasteiger partial charge in [-0.3, -0.25) is 0 Å². The molecule has 1 unspecified atom stereocenters. The van der Waals surface area contributed by atoms with Gasteiger partial charge in [0.2, 0.25) is 0 Å². The van der Waals surface area contributed by atoms with Gasteiger partial charge in [-0.1, -0.05) is 0 Å². The van der Waals surface area contributed by atoms with Crippen molar-refractivity contribution in [1.82, 2.24) is 10.2 Å². The van der Waals surface area contributed by atoms with Crippen LogP contribution in [0.4, 0.5) is 0 Å². The molecule has 0 radical (unpaired) electrons. The van der Waals surface area contributed by atoms with E-state index in [2.05, 4.69) is 24.1 Å². The monoisotopic (exact) mass is 262 g/mol. The normalized spacial score (nSPS) is 12.2. The molecule has 17 heavy (non-hydrogen) atoms. The molecule has 4 nitrogen and oxygen atoms in total. The highest BCUT2D eigenvalue weighted by Gasteiger charge is 2.14. The van der Waals surface area contributed by atoms with Crippen molar-refractivity contribution in [2.24, 2.45) is 0 Å². The summed E-state index contributed by atoms with van der Waals surface area (Å²) in [6.07, 6.45) is 0.976. The Balaban J connectivity index is 3.83. The number of thiocarbonyl (C=S) groups is 1. The largest absolute Gasteiger partial charge is 0.383 e. The third-order valence-corrected chi connectivity index (χ3v) is 2.87. The molecule has 0 aromatic heterocycles. The zero-order chi connectivity index (χ0) is 13.1. The molecule has 0 bridgehead atoms. The lowest BCUT2D eigenvalue weighted by atomic mass is 10.3. The minimum absolute atomic E-state index is 0.303. The van der Waals surface area contributed by atoms with E-state index < -0.39 is 0 Å². The van der Waals surface area contributed by atoms with E-state index in [4.69, 9.17) is 21.7 Å². The van der Waals surface area contributed by atoms with Crippen LogP contribution in [-0.2, 0) is 9.47 Å². The fourth-order valence-corrected chi connectivity index (χ4v) is 2.01. The van der Waals surface area contributed by atoms with Gasteiger partial charge in [0.1, 0.15) is 0 Å². The minimum Gasteiger partial charge on any atom is -0.383 e. The second-order valence-electron chi connectivity index (χ2n) is 3.87. The smallest absolute Gasteiger partial charge is 0.169 e. The van der Waals surface area contributed by atoms with E-state index in [1.165, 1.54) is 0 Å². The van der Waals surface area contributed by atoms with E-state index >= 15 is 0 Å². The van der Waals surface area contributed by atoms with Crippen LogP contribution in [0.3, 0.4) is 0 Å². The number of methoxy groups -OCH3 is 1. The van der Waals surface area contributed by atoms with Crippen molar-refractivity contribution >= 4 is 17.3 Å². The SMILES string of the molecule is CCOCCCNC(=S)N(CC)C(C)COC. The molecule has 1 N–H and O–H groups in total. The van der Waals surface area contributed by atoms with Crippen LogP contribution in [-0.4, -0.2) is 56.1 Å². The second kappa shape index (κ2) is 10.7. The minimum atomic E-state index is 0.303. The molecule has 0 fully saturated rings. The molecule has 0 heterocycles. The van der Waals surface area contributed by atoms with Gasteiger partial charge >= 0.3 is 0 Å². The number of ether oxygens (including phenoxy) is 2. The molecule has 5 heteroatoms. The first kappa shape index (κ1) is 16.6. The summed E-state index contributed by atoms with van der Waals surface area (Å²) in [5.74, 6) is 0. The van der Waals surface area contributed by atoms with Gasteiger partial charge < -0.3 is 19.7 Å². The molecular formula is C12H26N2O2S. The molecule has 0 saturated carbocycles. The van der Waals surface area contributed by atoms with Crippen LogP contribution < -0.4 is 5.32 Å². The fourth-order valence-electron chi connectivity index (χ4n) is 1.60. The molecule has 102 valence electrons. The van der Waals surface area contributed by atoms with E-state index in [9.17, 15) is 0 Å². The Labute approximate surface area is 111 Å². The maximum absolute atomic E-state index is 5.36. The van der Waals surface area contributed by atoms with E-state index in [-0.39, 0.29) is 0 Å². The molecule has 0 aromatic carbocycles. The quantitative estimate of drug-likeness (QED) is 0.505. The summed E-state index contributed by atoms with van der Waals surface area (Å²) in [5.41, 5.74) is 0. The first-order valence-corrected chi connectivity index (χ1v) is 6.69. The van der Waals surface area contributed by atoms with Crippen LogP contribution in [0.15, 0.2) is 0 Å². The van der Waals surface area contributed by atoms with Crippen LogP contribution in [0.5, 0.6) is 0 Å². The van der Waals surface area contributed by atoms with Crippen molar-refractivity contribution < 1.29 is 9.47 Å². The molecule has 0 aliphatic heterocycles. The third-order valence-electron chi connectivity index (χ3n) is 2.49. The zero-order valence-electron chi connectivity index (χ0n) is 11.5. The van der Waals surface area contributed by atoms with Crippen LogP contribution in [0.1, 0.15) is 27.2 Å². The Bertz CT molecular complexity index is 203. The summed E-state index contributed by atoms with van der Waals surface area (Å²) in [5, 5.41) is 4.05. The van der Waals surface area contributed by atoms with Crippen molar-refractivity contribution in [3.8, 4) is 0 Å². The summed E-state index contributed by atoms with van der Waals surface area (Å²) in [7, 11) is 1.71. The molecule has 0 amide bonds. The Morgan fingerprint density at radius 3 is 2.65 bits per heavy atom. The average Bonchev–Trinajstić information content (AvgIpc) is 2.30. The summed E-state index contributed by atoms with van der Waals surface area (Å²) >= 11 is 5.36. The number of rotatable bonds is 9. The van der Waals surface area contributed by atoms with Gasteiger partial charge in [0.25, 0.3) is 0 Å². The lowest BCUT2D eigenvalue weighted by Crippen LogP contribution is -2.46. The Kier molecular flexibility index (Phi) is 10.5. The first-order valence-electron chi connectivity index (χ1n) is 6.28. The second-order valence-corrected chi connectivity index (χ2v) is 4.26. The van der Waals surface area contributed by atoms with E-state index in [1.54, 1.807) is 7.11 Å². The number of hydrogen-bond acceptors (Lipinski definition) is 3. The molecule has 0 aromatic rings. The van der Waals surface area contributed by atoms with Crippen LogP contribution in [0.2, 0.25) is 0 Å². The number of likely N-dealkylation sites (N-methyl/N-ethyl adjacent to an activating group) is 1. The third kappa shape index (κ3) is 7.52. The number of nitrogens with zero attached hydrogens (tertiary/aromatic N) is 1. The molecule has 1 atom stereocenters. The van der Waals surface area contributed by atoms with Crippen molar-refractivity contribution in [3.05, 3.63) is 0 Å². The van der Waals surface area contributed by atoms with Crippen LogP contribution in [0.25, 0.3) is 0 Å². The van der Waals surface area contributed by atoms with Gasteiger partial charge in [0, 0.05) is 33.4 Å². The zero-order valence-corrected chi connectivity index (χ0v) is 12.3. The van der Waals surface area contributed by atoms with Gasteiger partial charge in [-0.2, -0.15) is 0 Å². The fraction of sp³-hybridized carbons (Fsp3) is 0.917. The Hall–Kier alpha value is -0.390. The van der Waals surface area contributed by atoms with Gasteiger partial charge in [-0.05, 0) is 39.4 Å². The Morgan fingerprint density at radius 1 is 1.41 bits per heavy atom. The standard InChI is InChI=1S/C12H26N2O2S/c1-5-14(11(3)10-15-4)12(17)13-8-7-9-16-6-2/h11H,5-10H2,1-4H3,(H,13,17). The highest BCUT2D eigenvalue weighted by atomic mass is 32.1. The summed E-state index contributed by atoms with van der Waals surface area (Å²) < 4.78 is 10.4. The summed E-state index contributed by atoms with van der Waals surface area (Å²) in [6, 6.07) is 0.303. The van der Waals surface area contributed by atoms with E-state index in [0.29, 0.717) is 12.6 Å². The highest BCUT2D eigenvalue weighted by molar-refractivity contribution is 7.80. The van der Waals surface area contributed by atoms with E-state index in [0.717, 1.165) is 37.8 Å². The predicted octanol–water partition coefficient (Wildman–Crippen LogP) is 1.64. The molecule has 0 rings (SSSR count). The van der Waals surface area contributed by atoms with Gasteiger partial charge in [0.15, 0.2) is 5.11 Å². The molecule has 0 aliphatic rings. The lowest BCUT2D eigenvalue weighted by Gasteiger charge is -2.30.